The van der Waals surface area contributed by atoms with Gasteiger partial charge in [0.05, 0.1) is 0 Å². The van der Waals surface area contributed by atoms with E-state index >= 15 is 0 Å². The lowest BCUT2D eigenvalue weighted by atomic mass is 9.97. The average molecular weight is 218 g/mol. The van der Waals surface area contributed by atoms with Crippen molar-refractivity contribution >= 4 is 5.91 Å². The van der Waals surface area contributed by atoms with Crippen molar-refractivity contribution in [2.24, 2.45) is 0 Å². The molecule has 0 radical (unpaired) electrons. The number of aryl methyl sites for hydroxylation is 2. The molecule has 0 saturated carbocycles. The Morgan fingerprint density at radius 2 is 2.12 bits per heavy atom. The first-order valence-corrected chi connectivity index (χ1v) is 5.65. The number of nitrogens with one attached hydrogen (secondary N) is 1. The first-order chi connectivity index (χ1) is 7.59. The predicted molar refractivity (Wildman–Crippen MR) is 64.3 cm³/mol. The van der Waals surface area contributed by atoms with E-state index in [0.29, 0.717) is 0 Å². The minimum atomic E-state index is -0.167. The minimum Gasteiger partial charge on any atom is -0.343 e. The Bertz CT molecular complexity index is 414. The molecule has 1 saturated heterocycles. The highest BCUT2D eigenvalue weighted by molar-refractivity contribution is 5.84. The van der Waals surface area contributed by atoms with Gasteiger partial charge in [-0.1, -0.05) is 23.8 Å². The molecule has 1 fully saturated rings. The highest BCUT2D eigenvalue weighted by Gasteiger charge is 2.28. The van der Waals surface area contributed by atoms with Crippen LogP contribution in [0.25, 0.3) is 0 Å². The molecule has 1 aliphatic rings. The van der Waals surface area contributed by atoms with Gasteiger partial charge in [-0.3, -0.25) is 4.79 Å². The van der Waals surface area contributed by atoms with E-state index in [-0.39, 0.29) is 11.9 Å². The summed E-state index contributed by atoms with van der Waals surface area (Å²) in [4.78, 5) is 13.8. The fourth-order valence-electron chi connectivity index (χ4n) is 2.19. The van der Waals surface area contributed by atoms with Gasteiger partial charge in [-0.25, -0.2) is 0 Å². The summed E-state index contributed by atoms with van der Waals surface area (Å²) in [7, 11) is 1.86. The van der Waals surface area contributed by atoms with E-state index in [0.717, 1.165) is 18.7 Å². The first-order valence-electron chi connectivity index (χ1n) is 5.65. The van der Waals surface area contributed by atoms with Crippen LogP contribution in [0.5, 0.6) is 0 Å². The van der Waals surface area contributed by atoms with Crippen molar-refractivity contribution in [3.63, 3.8) is 0 Å². The number of hydrogen-bond acceptors (Lipinski definition) is 2. The number of hydrogen-bond donors (Lipinski definition) is 1. The Morgan fingerprint density at radius 3 is 2.81 bits per heavy atom. The second-order valence-corrected chi connectivity index (χ2v) is 4.51. The Hall–Kier alpha value is -1.35. The number of rotatable bonds is 1. The van der Waals surface area contributed by atoms with Crippen molar-refractivity contribution in [3.8, 4) is 0 Å². The second kappa shape index (κ2) is 4.26. The lowest BCUT2D eigenvalue weighted by Gasteiger charge is -2.31. The number of benzene rings is 1. The van der Waals surface area contributed by atoms with Crippen LogP contribution in [-0.2, 0) is 4.79 Å². The summed E-state index contributed by atoms with van der Waals surface area (Å²) in [6.07, 6.45) is 0. The molecule has 1 unspecified atom stereocenters. The molecule has 1 aliphatic heterocycles. The van der Waals surface area contributed by atoms with E-state index in [9.17, 15) is 4.79 Å². The molecule has 16 heavy (non-hydrogen) atoms. The van der Waals surface area contributed by atoms with Crippen LogP contribution in [0, 0.1) is 13.8 Å². The van der Waals surface area contributed by atoms with Gasteiger partial charge in [-0.15, -0.1) is 0 Å². The Balaban J connectivity index is 2.32. The van der Waals surface area contributed by atoms with Crippen molar-refractivity contribution in [1.82, 2.24) is 10.2 Å². The molecule has 3 heteroatoms. The molecule has 0 aliphatic carbocycles. The van der Waals surface area contributed by atoms with Crippen LogP contribution in [-0.4, -0.2) is 30.9 Å². The summed E-state index contributed by atoms with van der Waals surface area (Å²) in [6.45, 7) is 5.78. The van der Waals surface area contributed by atoms with E-state index in [1.807, 2.05) is 7.05 Å². The van der Waals surface area contributed by atoms with Gasteiger partial charge in [0.15, 0.2) is 0 Å². The smallest absolute Gasteiger partial charge is 0.244 e. The lowest BCUT2D eigenvalue weighted by molar-refractivity contribution is -0.134. The summed E-state index contributed by atoms with van der Waals surface area (Å²) >= 11 is 0. The third kappa shape index (κ3) is 1.95. The first kappa shape index (κ1) is 11.1. The van der Waals surface area contributed by atoms with Crippen molar-refractivity contribution in [2.75, 3.05) is 20.1 Å². The van der Waals surface area contributed by atoms with Crippen LogP contribution in [0.3, 0.4) is 0 Å². The van der Waals surface area contributed by atoms with Crippen molar-refractivity contribution in [1.29, 1.82) is 0 Å². The fourth-order valence-corrected chi connectivity index (χ4v) is 2.19. The van der Waals surface area contributed by atoms with Crippen LogP contribution in [0.4, 0.5) is 0 Å². The second-order valence-electron chi connectivity index (χ2n) is 4.51. The Labute approximate surface area is 96.5 Å². The predicted octanol–water partition coefficient (Wildman–Crippen LogP) is 1.41. The Kier molecular flexibility index (Phi) is 2.97. The van der Waals surface area contributed by atoms with Crippen molar-refractivity contribution in [3.05, 3.63) is 34.9 Å². The van der Waals surface area contributed by atoms with Gasteiger partial charge >= 0.3 is 0 Å². The summed E-state index contributed by atoms with van der Waals surface area (Å²) in [6, 6.07) is 6.07. The van der Waals surface area contributed by atoms with Crippen molar-refractivity contribution in [2.45, 2.75) is 19.9 Å². The quantitative estimate of drug-likeness (QED) is 0.773. The maximum absolute atomic E-state index is 12.0. The molecular formula is C13H18N2O. The van der Waals surface area contributed by atoms with Crippen LogP contribution in [0.15, 0.2) is 18.2 Å². The molecule has 0 aromatic heterocycles. The van der Waals surface area contributed by atoms with E-state index in [1.54, 1.807) is 4.90 Å². The van der Waals surface area contributed by atoms with Crippen LogP contribution in [0.1, 0.15) is 22.7 Å². The summed E-state index contributed by atoms with van der Waals surface area (Å²) in [5.74, 6) is 0.165. The third-order valence-electron chi connectivity index (χ3n) is 3.16. The molecule has 2 rings (SSSR count). The zero-order chi connectivity index (χ0) is 11.7. The Morgan fingerprint density at radius 1 is 1.38 bits per heavy atom. The minimum absolute atomic E-state index is 0.165. The van der Waals surface area contributed by atoms with Gasteiger partial charge in [0.25, 0.3) is 0 Å². The zero-order valence-electron chi connectivity index (χ0n) is 10.1. The number of piperazine rings is 1. The number of amides is 1. The molecule has 86 valence electrons. The molecule has 1 aromatic rings. The average Bonchev–Trinajstić information content (AvgIpc) is 2.23. The summed E-state index contributed by atoms with van der Waals surface area (Å²) in [5.41, 5.74) is 3.51. The zero-order valence-corrected chi connectivity index (χ0v) is 10.1. The molecule has 1 atom stereocenters. The number of carbonyl (C=O) groups excluding carboxylic acids is 1. The largest absolute Gasteiger partial charge is 0.343 e. The number of nitrogens with zero attached hydrogens (tertiary/aromatic N) is 1. The van der Waals surface area contributed by atoms with Gasteiger partial charge in [-0.05, 0) is 25.0 Å². The fraction of sp³-hybridized carbons (Fsp3) is 0.462. The number of likely N-dealkylation sites (N-methyl/N-ethyl adjacent to an activating group) is 1. The van der Waals surface area contributed by atoms with E-state index < -0.39 is 0 Å². The third-order valence-corrected chi connectivity index (χ3v) is 3.16. The SMILES string of the molecule is Cc1ccc(C2NCCN(C)C2=O)c(C)c1. The van der Waals surface area contributed by atoms with Crippen LogP contribution < -0.4 is 5.32 Å². The maximum atomic E-state index is 12.0. The van der Waals surface area contributed by atoms with E-state index in [1.165, 1.54) is 11.1 Å². The van der Waals surface area contributed by atoms with Crippen molar-refractivity contribution < 1.29 is 4.79 Å². The number of carbonyl (C=O) groups is 1. The summed E-state index contributed by atoms with van der Waals surface area (Å²) in [5, 5.41) is 3.28. The van der Waals surface area contributed by atoms with Crippen LogP contribution >= 0.6 is 0 Å². The summed E-state index contributed by atoms with van der Waals surface area (Å²) < 4.78 is 0. The molecule has 3 nitrogen and oxygen atoms in total. The monoisotopic (exact) mass is 218 g/mol. The molecule has 1 heterocycles. The van der Waals surface area contributed by atoms with Crippen LogP contribution in [0.2, 0.25) is 0 Å². The molecule has 1 aromatic carbocycles. The van der Waals surface area contributed by atoms with Gasteiger partial charge in [0.1, 0.15) is 6.04 Å². The topological polar surface area (TPSA) is 32.3 Å². The van der Waals surface area contributed by atoms with Gasteiger partial charge in [0.2, 0.25) is 5.91 Å². The van der Waals surface area contributed by atoms with E-state index in [4.69, 9.17) is 0 Å². The highest BCUT2D eigenvalue weighted by atomic mass is 16.2. The highest BCUT2D eigenvalue weighted by Crippen LogP contribution is 2.22. The molecule has 0 spiro atoms. The molecular weight excluding hydrogens is 200 g/mol. The molecule has 1 N–H and O–H groups in total. The van der Waals surface area contributed by atoms with Gasteiger partial charge in [-0.2, -0.15) is 0 Å². The van der Waals surface area contributed by atoms with Gasteiger partial charge < -0.3 is 10.2 Å². The lowest BCUT2D eigenvalue weighted by Crippen LogP contribution is -2.48. The van der Waals surface area contributed by atoms with Gasteiger partial charge in [0, 0.05) is 20.1 Å². The maximum Gasteiger partial charge on any atom is 0.244 e. The van der Waals surface area contributed by atoms with E-state index in [2.05, 4.69) is 37.4 Å². The normalized spacial score (nSPS) is 21.3. The standard InChI is InChI=1S/C13H18N2O/c1-9-4-5-11(10(2)8-9)12-13(16)15(3)7-6-14-12/h4-5,8,12,14H,6-7H2,1-3H3. The molecule has 1 amide bonds. The molecule has 0 bridgehead atoms.